The van der Waals surface area contributed by atoms with E-state index in [0.29, 0.717) is 16.2 Å². The van der Waals surface area contributed by atoms with Gasteiger partial charge in [-0.1, -0.05) is 115 Å². The summed E-state index contributed by atoms with van der Waals surface area (Å²) in [5.74, 6) is 0.592. The summed E-state index contributed by atoms with van der Waals surface area (Å²) in [4.78, 5) is 0. The Bertz CT molecular complexity index is 545. The van der Waals surface area contributed by atoms with Crippen molar-refractivity contribution in [2.45, 2.75) is 140 Å². The second-order valence-corrected chi connectivity index (χ2v) is 18.9. The van der Waals surface area contributed by atoms with Crippen LogP contribution in [0.3, 0.4) is 0 Å². The van der Waals surface area contributed by atoms with Crippen molar-refractivity contribution in [1.29, 1.82) is 0 Å². The van der Waals surface area contributed by atoms with Gasteiger partial charge in [0.25, 0.3) is 0 Å². The zero-order valence-corrected chi connectivity index (χ0v) is 22.2. The largest absolute Gasteiger partial charge is 0.0918 e. The lowest BCUT2D eigenvalue weighted by Crippen LogP contribution is -2.34. The fraction of sp³-hybridized carbons (Fsp3) is 0.852. The lowest BCUT2D eigenvalue weighted by molar-refractivity contribution is 0.484. The predicted molar refractivity (Wildman–Crippen MR) is 136 cm³/mol. The third-order valence-corrected chi connectivity index (χ3v) is 15.1. The van der Waals surface area contributed by atoms with Gasteiger partial charge in [0.15, 0.2) is 0 Å². The maximum Gasteiger partial charge on any atom is 0.0162 e. The Morgan fingerprint density at radius 3 is 1.66 bits per heavy atom. The molecule has 0 bridgehead atoms. The Morgan fingerprint density at radius 1 is 0.793 bits per heavy atom. The summed E-state index contributed by atoms with van der Waals surface area (Å²) in [6.07, 6.45) is 23.7. The monoisotopic (exact) mass is 433 g/mol. The molecule has 0 nitrogen and oxygen atoms in total. The molecule has 0 aromatic heterocycles. The van der Waals surface area contributed by atoms with Gasteiger partial charge in [0.2, 0.25) is 0 Å². The fourth-order valence-corrected chi connectivity index (χ4v) is 16.1. The van der Waals surface area contributed by atoms with Gasteiger partial charge in [0.1, 0.15) is 0 Å². The maximum absolute atomic E-state index is 3.90. The molecular weight excluding hydrogens is 386 g/mol. The first kappa shape index (κ1) is 24.0. The van der Waals surface area contributed by atoms with E-state index in [2.05, 4.69) is 66.7 Å². The molecule has 3 aliphatic rings. The van der Waals surface area contributed by atoms with E-state index in [1.807, 2.05) is 5.31 Å². The van der Waals surface area contributed by atoms with E-state index >= 15 is 0 Å². The van der Waals surface area contributed by atoms with Crippen molar-refractivity contribution in [3.63, 3.8) is 0 Å². The average Bonchev–Trinajstić information content (AvgIpc) is 3.11. The van der Waals surface area contributed by atoms with Crippen LogP contribution in [0.4, 0.5) is 0 Å². The summed E-state index contributed by atoms with van der Waals surface area (Å²) in [6, 6.07) is 0. The van der Waals surface area contributed by atoms with Gasteiger partial charge >= 0.3 is 0 Å². The molecule has 0 N–H and O–H groups in total. The van der Waals surface area contributed by atoms with Gasteiger partial charge in [-0.3, -0.25) is 0 Å². The topological polar surface area (TPSA) is 0 Å². The van der Waals surface area contributed by atoms with E-state index in [1.54, 1.807) is 0 Å². The fourth-order valence-electron chi connectivity index (χ4n) is 6.87. The standard InChI is InChI=1S/C27H47P2/c1-21(29(26(2,3)4)27(5,6)7)24-19-14-20-25(24)28(22-15-10-8-11-16-22)23-17-12-9-13-18-23/h14,20-24H,8-13,15-18H2,1-7H3/t21-,24?/m1/s1. The first-order valence-corrected chi connectivity index (χ1v) is 15.4. The summed E-state index contributed by atoms with van der Waals surface area (Å²) in [5.41, 5.74) is 2.74. The Morgan fingerprint density at radius 2 is 1.24 bits per heavy atom. The van der Waals surface area contributed by atoms with Crippen LogP contribution in [0.5, 0.6) is 0 Å². The zero-order chi connectivity index (χ0) is 21.2. The summed E-state index contributed by atoms with van der Waals surface area (Å²) in [7, 11) is -0.103. The molecule has 0 aromatic rings. The van der Waals surface area contributed by atoms with Gasteiger partial charge in [0, 0.05) is 5.92 Å². The molecule has 1 radical (unpaired) electrons. The molecule has 2 heteroatoms. The number of hydrogen-bond donors (Lipinski definition) is 0. The van der Waals surface area contributed by atoms with Crippen molar-refractivity contribution in [2.75, 3.05) is 0 Å². The van der Waals surface area contributed by atoms with Crippen molar-refractivity contribution in [3.05, 3.63) is 23.5 Å². The van der Waals surface area contributed by atoms with Crippen molar-refractivity contribution in [2.24, 2.45) is 5.92 Å². The highest BCUT2D eigenvalue weighted by Crippen LogP contribution is 2.69. The van der Waals surface area contributed by atoms with Crippen LogP contribution in [-0.2, 0) is 0 Å². The zero-order valence-electron chi connectivity index (χ0n) is 20.4. The third-order valence-electron chi connectivity index (χ3n) is 7.42. The molecule has 3 aliphatic carbocycles. The Kier molecular flexibility index (Phi) is 8.16. The number of hydrogen-bond acceptors (Lipinski definition) is 0. The average molecular weight is 434 g/mol. The predicted octanol–water partition coefficient (Wildman–Crippen LogP) is 9.47. The quantitative estimate of drug-likeness (QED) is 0.379. The Labute approximate surface area is 185 Å². The lowest BCUT2D eigenvalue weighted by atomic mass is 9.99. The highest BCUT2D eigenvalue weighted by atomic mass is 31.1. The SMILES string of the molecule is C[C@H](C1[C]=CC=C1P(C1CCCCC1)C1CCCCC1)P(C(C)(C)C)C(C)(C)C. The molecule has 2 saturated carbocycles. The summed E-state index contributed by atoms with van der Waals surface area (Å²) in [6.45, 7) is 17.5. The van der Waals surface area contributed by atoms with Gasteiger partial charge in [-0.2, -0.15) is 0 Å². The van der Waals surface area contributed by atoms with Crippen LogP contribution in [0.25, 0.3) is 0 Å². The van der Waals surface area contributed by atoms with Gasteiger partial charge < -0.3 is 0 Å². The van der Waals surface area contributed by atoms with Gasteiger partial charge in [-0.05, 0) is 64.4 Å². The molecule has 0 heterocycles. The molecule has 29 heavy (non-hydrogen) atoms. The van der Waals surface area contributed by atoms with Crippen LogP contribution >= 0.6 is 15.8 Å². The molecule has 0 aromatic carbocycles. The van der Waals surface area contributed by atoms with E-state index in [1.165, 1.54) is 64.2 Å². The first-order valence-electron chi connectivity index (χ1n) is 12.5. The van der Waals surface area contributed by atoms with E-state index in [9.17, 15) is 0 Å². The van der Waals surface area contributed by atoms with Crippen molar-refractivity contribution < 1.29 is 0 Å². The summed E-state index contributed by atoms with van der Waals surface area (Å²) < 4.78 is 0. The minimum absolute atomic E-state index is 0.0114. The highest BCUT2D eigenvalue weighted by Gasteiger charge is 2.44. The number of allylic oxidation sites excluding steroid dienone is 4. The molecule has 3 rings (SSSR count). The third kappa shape index (κ3) is 5.78. The Balaban J connectivity index is 1.89. The number of rotatable bonds is 5. The molecule has 165 valence electrons. The van der Waals surface area contributed by atoms with E-state index in [0.717, 1.165) is 17.0 Å². The minimum Gasteiger partial charge on any atom is -0.0918 e. The smallest absolute Gasteiger partial charge is 0.0162 e. The summed E-state index contributed by atoms with van der Waals surface area (Å²) in [5, 5.41) is 2.65. The molecule has 1 unspecified atom stereocenters. The summed E-state index contributed by atoms with van der Waals surface area (Å²) >= 11 is 0. The van der Waals surface area contributed by atoms with E-state index in [4.69, 9.17) is 0 Å². The molecular formula is C27H47P2. The second kappa shape index (κ2) is 9.86. The van der Waals surface area contributed by atoms with Crippen LogP contribution in [0.15, 0.2) is 17.5 Å². The molecule has 2 fully saturated rings. The minimum atomic E-state index is -0.114. The Hall–Kier alpha value is 0.340. The van der Waals surface area contributed by atoms with Crippen molar-refractivity contribution >= 4 is 15.8 Å². The van der Waals surface area contributed by atoms with Crippen molar-refractivity contribution in [1.82, 2.24) is 0 Å². The maximum atomic E-state index is 3.90. The molecule has 0 aliphatic heterocycles. The van der Waals surface area contributed by atoms with Gasteiger partial charge in [-0.15, -0.1) is 0 Å². The van der Waals surface area contributed by atoms with Gasteiger partial charge in [-0.25, -0.2) is 0 Å². The molecule has 0 saturated heterocycles. The van der Waals surface area contributed by atoms with Crippen LogP contribution in [0.1, 0.15) is 113 Å². The second-order valence-electron chi connectivity index (χ2n) is 11.8. The molecule has 2 atom stereocenters. The lowest BCUT2D eigenvalue weighted by Gasteiger charge is -2.49. The van der Waals surface area contributed by atoms with Crippen LogP contribution < -0.4 is 0 Å². The van der Waals surface area contributed by atoms with E-state index < -0.39 is 0 Å². The van der Waals surface area contributed by atoms with Crippen LogP contribution in [0, 0.1) is 12.0 Å². The first-order chi connectivity index (χ1) is 13.6. The van der Waals surface area contributed by atoms with E-state index in [-0.39, 0.29) is 15.8 Å². The normalized spacial score (nSPS) is 26.4. The van der Waals surface area contributed by atoms with Gasteiger partial charge in [0.05, 0.1) is 0 Å². The van der Waals surface area contributed by atoms with Crippen LogP contribution in [0.2, 0.25) is 0 Å². The highest BCUT2D eigenvalue weighted by molar-refractivity contribution is 7.64. The molecule has 0 amide bonds. The van der Waals surface area contributed by atoms with Crippen LogP contribution in [-0.4, -0.2) is 27.3 Å². The molecule has 0 spiro atoms. The van der Waals surface area contributed by atoms with Crippen molar-refractivity contribution in [3.8, 4) is 0 Å².